The number of pyridine rings is 1. The van der Waals surface area contributed by atoms with E-state index < -0.39 is 5.54 Å². The van der Waals surface area contributed by atoms with Crippen molar-refractivity contribution in [3.8, 4) is 11.9 Å². The fourth-order valence-electron chi connectivity index (χ4n) is 4.41. The second-order valence-electron chi connectivity index (χ2n) is 8.14. The summed E-state index contributed by atoms with van der Waals surface area (Å²) in [4.78, 5) is 18.1. The predicted octanol–water partition coefficient (Wildman–Crippen LogP) is 3.11. The van der Waals surface area contributed by atoms with Crippen LogP contribution in [0.4, 0.5) is 5.95 Å². The lowest BCUT2D eigenvalue weighted by Gasteiger charge is -2.33. The van der Waals surface area contributed by atoms with E-state index in [4.69, 9.17) is 20.4 Å². The van der Waals surface area contributed by atoms with E-state index in [1.165, 1.54) is 0 Å². The molecule has 1 unspecified atom stereocenters. The zero-order chi connectivity index (χ0) is 21.7. The Balaban J connectivity index is 1.59. The molecule has 8 heteroatoms. The van der Waals surface area contributed by atoms with Crippen molar-refractivity contribution in [3.63, 3.8) is 0 Å². The Bertz CT molecular complexity index is 1010. The van der Waals surface area contributed by atoms with Crippen LogP contribution in [0, 0.1) is 17.2 Å². The summed E-state index contributed by atoms with van der Waals surface area (Å²) in [7, 11) is 1.59. The zero-order valence-electron chi connectivity index (χ0n) is 17.7. The quantitative estimate of drug-likeness (QED) is 0.710. The van der Waals surface area contributed by atoms with Crippen LogP contribution in [0.2, 0.25) is 0 Å². The molecule has 8 nitrogen and oxygen atoms in total. The van der Waals surface area contributed by atoms with Gasteiger partial charge >= 0.3 is 0 Å². The van der Waals surface area contributed by atoms with E-state index in [0.29, 0.717) is 41.6 Å². The van der Waals surface area contributed by atoms with Crippen LogP contribution in [0.1, 0.15) is 48.9 Å². The first-order chi connectivity index (χ1) is 15.1. The summed E-state index contributed by atoms with van der Waals surface area (Å²) >= 11 is 0. The summed E-state index contributed by atoms with van der Waals surface area (Å²) in [6.45, 7) is 0.453. The van der Waals surface area contributed by atoms with E-state index in [-0.39, 0.29) is 0 Å². The normalized spacial score (nSPS) is 24.7. The zero-order valence-corrected chi connectivity index (χ0v) is 17.7. The molecular weight excluding hydrogens is 390 g/mol. The van der Waals surface area contributed by atoms with Gasteiger partial charge in [0.2, 0.25) is 11.8 Å². The minimum absolute atomic E-state index is 0.295. The van der Waals surface area contributed by atoms with Gasteiger partial charge in [-0.25, -0.2) is 15.0 Å². The highest BCUT2D eigenvalue weighted by molar-refractivity contribution is 5.76. The molecule has 4 rings (SSSR count). The van der Waals surface area contributed by atoms with Crippen molar-refractivity contribution in [2.75, 3.05) is 12.4 Å². The first-order valence-corrected chi connectivity index (χ1v) is 10.6. The minimum atomic E-state index is -0.636. The Morgan fingerprint density at radius 2 is 2.13 bits per heavy atom. The molecule has 3 N–H and O–H groups in total. The molecular formula is C23H27N7O. The highest BCUT2D eigenvalue weighted by atomic mass is 16.5. The summed E-state index contributed by atoms with van der Waals surface area (Å²) in [5.41, 5.74) is 7.44. The first kappa shape index (κ1) is 20.9. The van der Waals surface area contributed by atoms with Gasteiger partial charge in [-0.1, -0.05) is 6.07 Å². The van der Waals surface area contributed by atoms with Crippen LogP contribution in [0.3, 0.4) is 0 Å². The van der Waals surface area contributed by atoms with Crippen molar-refractivity contribution in [2.45, 2.75) is 50.2 Å². The third-order valence-electron chi connectivity index (χ3n) is 6.05. The largest absolute Gasteiger partial charge is 0.481 e. The molecule has 1 aliphatic heterocycles. The summed E-state index contributed by atoms with van der Waals surface area (Å²) in [5.74, 6) is 1.50. The number of nitrogens with one attached hydrogen (secondary N) is 1. The Labute approximate surface area is 182 Å². The predicted molar refractivity (Wildman–Crippen MR) is 119 cm³/mol. The number of nitriles is 1. The van der Waals surface area contributed by atoms with Crippen LogP contribution in [-0.4, -0.2) is 34.3 Å². The van der Waals surface area contributed by atoms with Gasteiger partial charge in [-0.3, -0.25) is 4.99 Å². The first-order valence-electron chi connectivity index (χ1n) is 10.6. The molecule has 2 aromatic heterocycles. The summed E-state index contributed by atoms with van der Waals surface area (Å²) in [6.07, 6.45) is 14.1. The van der Waals surface area contributed by atoms with Crippen LogP contribution in [0.15, 0.2) is 41.7 Å². The van der Waals surface area contributed by atoms with Crippen molar-refractivity contribution in [1.82, 2.24) is 15.0 Å². The second kappa shape index (κ2) is 9.23. The maximum atomic E-state index is 9.73. The molecule has 3 heterocycles. The maximum Gasteiger partial charge on any atom is 0.223 e. The van der Waals surface area contributed by atoms with Gasteiger partial charge < -0.3 is 15.8 Å². The highest BCUT2D eigenvalue weighted by Gasteiger charge is 2.38. The molecule has 1 aliphatic carbocycles. The molecule has 160 valence electrons. The second-order valence-corrected chi connectivity index (χ2v) is 8.14. The van der Waals surface area contributed by atoms with Crippen LogP contribution in [0.25, 0.3) is 0 Å². The average Bonchev–Trinajstić information content (AvgIpc) is 3.28. The third kappa shape index (κ3) is 4.57. The molecule has 2 aliphatic rings. The number of hydrogen-bond acceptors (Lipinski definition) is 8. The molecule has 0 bridgehead atoms. The van der Waals surface area contributed by atoms with Gasteiger partial charge in [-0.15, -0.1) is 0 Å². The van der Waals surface area contributed by atoms with Crippen molar-refractivity contribution < 1.29 is 4.74 Å². The molecule has 0 saturated heterocycles. The number of nitrogens with zero attached hydrogens (tertiary/aromatic N) is 5. The number of rotatable bonds is 7. The van der Waals surface area contributed by atoms with Crippen molar-refractivity contribution in [1.29, 1.82) is 5.26 Å². The summed E-state index contributed by atoms with van der Waals surface area (Å²) in [6, 6.07) is 6.33. The molecule has 0 radical (unpaired) electrons. The average molecular weight is 418 g/mol. The number of hydrogen-bond donors (Lipinski definition) is 2. The number of anilines is 1. The van der Waals surface area contributed by atoms with E-state index in [1.54, 1.807) is 25.7 Å². The SMILES string of the molecule is COc1ncccc1CNc1ncc(C#N)c(C2(CC3CCC(N)CC3)C=CC=N2)n1. The Kier molecular flexibility index (Phi) is 6.23. The van der Waals surface area contributed by atoms with E-state index >= 15 is 0 Å². The van der Waals surface area contributed by atoms with Crippen molar-refractivity contribution in [3.05, 3.63) is 53.5 Å². The Morgan fingerprint density at radius 3 is 2.84 bits per heavy atom. The minimum Gasteiger partial charge on any atom is -0.481 e. The Morgan fingerprint density at radius 1 is 1.29 bits per heavy atom. The number of ether oxygens (including phenoxy) is 1. The summed E-state index contributed by atoms with van der Waals surface area (Å²) < 4.78 is 5.31. The third-order valence-corrected chi connectivity index (χ3v) is 6.05. The van der Waals surface area contributed by atoms with Gasteiger partial charge in [0.25, 0.3) is 0 Å². The molecule has 1 atom stereocenters. The van der Waals surface area contributed by atoms with Gasteiger partial charge in [0.15, 0.2) is 0 Å². The van der Waals surface area contributed by atoms with Gasteiger partial charge in [0.1, 0.15) is 11.6 Å². The summed E-state index contributed by atoms with van der Waals surface area (Å²) in [5, 5.41) is 13.0. The van der Waals surface area contributed by atoms with Crippen molar-refractivity contribution in [2.24, 2.45) is 16.6 Å². The van der Waals surface area contributed by atoms with E-state index in [2.05, 4.69) is 27.4 Å². The number of aliphatic imine (C=N–C) groups is 1. The topological polar surface area (TPSA) is 122 Å². The number of methoxy groups -OCH3 is 1. The monoisotopic (exact) mass is 417 g/mol. The molecule has 0 amide bonds. The van der Waals surface area contributed by atoms with Gasteiger partial charge in [-0.05, 0) is 56.2 Å². The molecule has 1 saturated carbocycles. The molecule has 0 spiro atoms. The lowest BCUT2D eigenvalue weighted by molar-refractivity contribution is 0.270. The van der Waals surface area contributed by atoms with Crippen LogP contribution >= 0.6 is 0 Å². The highest BCUT2D eigenvalue weighted by Crippen LogP contribution is 2.41. The maximum absolute atomic E-state index is 9.73. The number of nitrogens with two attached hydrogens (primary N) is 1. The van der Waals surface area contributed by atoms with Gasteiger partial charge in [0, 0.05) is 30.6 Å². The van der Waals surface area contributed by atoms with Crippen LogP contribution in [0.5, 0.6) is 5.88 Å². The smallest absolute Gasteiger partial charge is 0.223 e. The standard InChI is InChI=1S/C23H27N7O/c1-31-21-17(4-2-10-26-21)14-27-22-28-15-18(13-24)20(30-22)23(9-3-11-29-23)12-16-5-7-19(25)8-6-16/h2-4,9-11,15-16,19H,5-8,12,14,25H2,1H3,(H,27,28,30). The van der Waals surface area contributed by atoms with Gasteiger partial charge in [0.05, 0.1) is 24.6 Å². The van der Waals surface area contributed by atoms with E-state index in [0.717, 1.165) is 37.7 Å². The van der Waals surface area contributed by atoms with Crippen LogP contribution < -0.4 is 15.8 Å². The van der Waals surface area contributed by atoms with Gasteiger partial charge in [-0.2, -0.15) is 5.26 Å². The fraction of sp³-hybridized carbons (Fsp3) is 0.435. The van der Waals surface area contributed by atoms with E-state index in [1.807, 2.05) is 18.2 Å². The molecule has 2 aromatic rings. The Hall–Kier alpha value is -3.31. The molecule has 0 aromatic carbocycles. The lowest BCUT2D eigenvalue weighted by Crippen LogP contribution is -2.31. The van der Waals surface area contributed by atoms with Crippen LogP contribution in [-0.2, 0) is 12.1 Å². The molecule has 31 heavy (non-hydrogen) atoms. The van der Waals surface area contributed by atoms with E-state index in [9.17, 15) is 5.26 Å². The lowest BCUT2D eigenvalue weighted by atomic mass is 9.76. The van der Waals surface area contributed by atoms with Crippen molar-refractivity contribution >= 4 is 12.2 Å². The number of allylic oxidation sites excluding steroid dienone is 1. The molecule has 1 fully saturated rings. The fourth-order valence-corrected chi connectivity index (χ4v) is 4.41. The number of aromatic nitrogens is 3.